The van der Waals surface area contributed by atoms with Gasteiger partial charge in [0.15, 0.2) is 6.60 Å². The number of rotatable bonds is 1. The lowest BCUT2D eigenvalue weighted by Gasteiger charge is -2.39. The van der Waals surface area contributed by atoms with E-state index in [0.717, 1.165) is 13.2 Å². The van der Waals surface area contributed by atoms with Crippen molar-refractivity contribution in [1.29, 1.82) is 0 Å². The first kappa shape index (κ1) is 12.5. The molecule has 0 N–H and O–H groups in total. The molecule has 2 rings (SSSR count). The summed E-state index contributed by atoms with van der Waals surface area (Å²) in [6, 6.07) is 0. The standard InChI is InChI=1S/C12H24B2O2/c1-11(2)5-7-13(8-6-11)14-15-9-12(3,4)10-16-14/h5-10H2,1-4H3. The molecule has 0 bridgehead atoms. The molecular weight excluding hydrogens is 198 g/mol. The highest BCUT2D eigenvalue weighted by Gasteiger charge is 2.42. The van der Waals surface area contributed by atoms with Gasteiger partial charge in [-0.2, -0.15) is 0 Å². The lowest BCUT2D eigenvalue weighted by molar-refractivity contribution is 0.0364. The molecular formula is C12H24B2O2. The first-order chi connectivity index (χ1) is 7.38. The van der Waals surface area contributed by atoms with E-state index in [9.17, 15) is 0 Å². The van der Waals surface area contributed by atoms with Crippen molar-refractivity contribution in [3.05, 3.63) is 0 Å². The topological polar surface area (TPSA) is 18.5 Å². The maximum atomic E-state index is 5.88. The van der Waals surface area contributed by atoms with Gasteiger partial charge in [-0.15, -0.1) is 0 Å². The predicted octanol–water partition coefficient (Wildman–Crippen LogP) is 2.94. The van der Waals surface area contributed by atoms with Crippen LogP contribution in [-0.2, 0) is 9.31 Å². The Bertz CT molecular complexity index is 207. The van der Waals surface area contributed by atoms with Crippen molar-refractivity contribution < 1.29 is 9.31 Å². The van der Waals surface area contributed by atoms with Crippen LogP contribution in [0.15, 0.2) is 0 Å². The molecule has 0 saturated carbocycles. The van der Waals surface area contributed by atoms with Crippen LogP contribution in [0, 0.1) is 10.8 Å². The van der Waals surface area contributed by atoms with E-state index in [4.69, 9.17) is 9.31 Å². The fourth-order valence-electron chi connectivity index (χ4n) is 2.67. The van der Waals surface area contributed by atoms with Gasteiger partial charge >= 0.3 is 7.01 Å². The smallest absolute Gasteiger partial charge is 0.406 e. The van der Waals surface area contributed by atoms with Crippen molar-refractivity contribution >= 4 is 13.6 Å². The molecule has 2 saturated heterocycles. The van der Waals surface area contributed by atoms with Gasteiger partial charge in [0.2, 0.25) is 0 Å². The highest BCUT2D eigenvalue weighted by molar-refractivity contribution is 7.17. The van der Waals surface area contributed by atoms with Gasteiger partial charge in [-0.25, -0.2) is 0 Å². The van der Waals surface area contributed by atoms with E-state index in [1.54, 1.807) is 0 Å². The fourth-order valence-corrected chi connectivity index (χ4v) is 2.67. The van der Waals surface area contributed by atoms with E-state index in [0.29, 0.717) is 12.0 Å². The molecule has 0 spiro atoms. The average Bonchev–Trinajstić information content (AvgIpc) is 2.19. The van der Waals surface area contributed by atoms with Gasteiger partial charge in [-0.3, -0.25) is 0 Å². The largest absolute Gasteiger partial charge is 0.417 e. The monoisotopic (exact) mass is 222 g/mol. The first-order valence-corrected chi connectivity index (χ1v) is 6.61. The zero-order valence-corrected chi connectivity index (χ0v) is 11.2. The molecule has 4 heteroatoms. The summed E-state index contributed by atoms with van der Waals surface area (Å²) < 4.78 is 11.8. The summed E-state index contributed by atoms with van der Waals surface area (Å²) >= 11 is 0. The minimum Gasteiger partial charge on any atom is -0.417 e. The Morgan fingerprint density at radius 2 is 1.31 bits per heavy atom. The molecule has 0 atom stereocenters. The third kappa shape index (κ3) is 3.04. The van der Waals surface area contributed by atoms with E-state index < -0.39 is 0 Å². The minimum absolute atomic E-state index is 0.0733. The van der Waals surface area contributed by atoms with Gasteiger partial charge < -0.3 is 9.31 Å². The second-order valence-electron chi connectivity index (χ2n) is 7.16. The molecule has 2 fully saturated rings. The molecule has 0 aromatic carbocycles. The van der Waals surface area contributed by atoms with E-state index in [1.807, 2.05) is 0 Å². The average molecular weight is 222 g/mol. The van der Waals surface area contributed by atoms with Gasteiger partial charge in [-0.05, 0) is 5.41 Å². The molecule has 2 aliphatic rings. The van der Waals surface area contributed by atoms with Crippen LogP contribution in [0.1, 0.15) is 40.5 Å². The Kier molecular flexibility index (Phi) is 3.42. The zero-order chi connectivity index (χ0) is 11.8. The maximum Gasteiger partial charge on any atom is 0.406 e. The fraction of sp³-hybridized carbons (Fsp3) is 1.00. The Morgan fingerprint density at radius 1 is 0.812 bits per heavy atom. The molecule has 2 heterocycles. The third-order valence-corrected chi connectivity index (χ3v) is 4.05. The Labute approximate surface area is 101 Å². The summed E-state index contributed by atoms with van der Waals surface area (Å²) in [5, 5.41) is 0. The molecule has 16 heavy (non-hydrogen) atoms. The van der Waals surface area contributed by atoms with Gasteiger partial charge in [-0.1, -0.05) is 53.2 Å². The molecule has 90 valence electrons. The van der Waals surface area contributed by atoms with Crippen LogP contribution in [-0.4, -0.2) is 26.8 Å². The summed E-state index contributed by atoms with van der Waals surface area (Å²) in [5.41, 5.74) is 0.731. The summed E-state index contributed by atoms with van der Waals surface area (Å²) in [4.78, 5) is 0. The second kappa shape index (κ2) is 4.38. The lowest BCUT2D eigenvalue weighted by Crippen LogP contribution is -2.51. The van der Waals surface area contributed by atoms with Crippen molar-refractivity contribution in [2.75, 3.05) is 13.2 Å². The van der Waals surface area contributed by atoms with Crippen LogP contribution in [0.2, 0.25) is 12.6 Å². The van der Waals surface area contributed by atoms with Crippen molar-refractivity contribution in [2.45, 2.75) is 53.2 Å². The SMILES string of the molecule is CC1(C)CCB(B2OCC(C)(C)CO2)CC1. The number of hydrogen-bond acceptors (Lipinski definition) is 2. The van der Waals surface area contributed by atoms with Crippen molar-refractivity contribution in [3.8, 4) is 0 Å². The van der Waals surface area contributed by atoms with E-state index in [1.165, 1.54) is 25.5 Å². The van der Waals surface area contributed by atoms with Crippen LogP contribution in [0.5, 0.6) is 0 Å². The summed E-state index contributed by atoms with van der Waals surface area (Å²) in [5.74, 6) is 0. The molecule has 0 amide bonds. The summed E-state index contributed by atoms with van der Waals surface area (Å²) in [7, 11) is 0.0733. The molecule has 0 aromatic heterocycles. The molecule has 2 nitrogen and oxygen atoms in total. The molecule has 2 aliphatic heterocycles. The Hall–Kier alpha value is 0.0499. The molecule has 0 aliphatic carbocycles. The molecule has 0 radical (unpaired) electrons. The Morgan fingerprint density at radius 3 is 1.81 bits per heavy atom. The second-order valence-corrected chi connectivity index (χ2v) is 7.16. The molecule has 0 aromatic rings. The van der Waals surface area contributed by atoms with Gasteiger partial charge in [0.25, 0.3) is 0 Å². The lowest BCUT2D eigenvalue weighted by atomic mass is 9.18. The van der Waals surface area contributed by atoms with Crippen LogP contribution in [0.3, 0.4) is 0 Å². The van der Waals surface area contributed by atoms with Gasteiger partial charge in [0, 0.05) is 18.6 Å². The highest BCUT2D eigenvalue weighted by atomic mass is 16.6. The Balaban J connectivity index is 1.82. The highest BCUT2D eigenvalue weighted by Crippen LogP contribution is 2.37. The van der Waals surface area contributed by atoms with Crippen LogP contribution in [0.25, 0.3) is 0 Å². The van der Waals surface area contributed by atoms with Crippen LogP contribution in [0.4, 0.5) is 0 Å². The number of hydrogen-bond donors (Lipinski definition) is 0. The zero-order valence-electron chi connectivity index (χ0n) is 11.2. The maximum absolute atomic E-state index is 5.88. The summed E-state index contributed by atoms with van der Waals surface area (Å²) in [6.07, 6.45) is 5.14. The van der Waals surface area contributed by atoms with Crippen molar-refractivity contribution in [2.24, 2.45) is 10.8 Å². The van der Waals surface area contributed by atoms with Gasteiger partial charge in [0.05, 0.1) is 0 Å². The minimum atomic E-state index is 0.0733. The quantitative estimate of drug-likeness (QED) is 0.635. The van der Waals surface area contributed by atoms with Crippen molar-refractivity contribution in [3.63, 3.8) is 0 Å². The predicted molar refractivity (Wildman–Crippen MR) is 69.8 cm³/mol. The van der Waals surface area contributed by atoms with Crippen molar-refractivity contribution in [1.82, 2.24) is 0 Å². The van der Waals surface area contributed by atoms with Crippen LogP contribution >= 0.6 is 0 Å². The van der Waals surface area contributed by atoms with E-state index >= 15 is 0 Å². The summed E-state index contributed by atoms with van der Waals surface area (Å²) in [6.45, 7) is 11.5. The van der Waals surface area contributed by atoms with E-state index in [-0.39, 0.29) is 12.4 Å². The molecule has 0 unspecified atom stereocenters. The van der Waals surface area contributed by atoms with E-state index in [2.05, 4.69) is 27.7 Å². The normalized spacial score (nSPS) is 29.2. The van der Waals surface area contributed by atoms with Crippen LogP contribution < -0.4 is 0 Å². The van der Waals surface area contributed by atoms with Gasteiger partial charge in [0.1, 0.15) is 0 Å². The third-order valence-electron chi connectivity index (χ3n) is 4.05. The first-order valence-electron chi connectivity index (χ1n) is 6.61.